The van der Waals surface area contributed by atoms with Gasteiger partial charge in [0.2, 0.25) is 11.8 Å². The van der Waals surface area contributed by atoms with Crippen molar-refractivity contribution in [2.24, 2.45) is 0 Å². The van der Waals surface area contributed by atoms with Crippen molar-refractivity contribution in [1.29, 1.82) is 0 Å². The Morgan fingerprint density at radius 2 is 1.56 bits per heavy atom. The molecule has 2 aromatic carbocycles. The summed E-state index contributed by atoms with van der Waals surface area (Å²) in [6.45, 7) is 2.09. The van der Waals surface area contributed by atoms with E-state index in [2.05, 4.69) is 16.0 Å². The molecule has 0 heterocycles. The molecule has 0 radical (unpaired) electrons. The topological polar surface area (TPSA) is 87.3 Å². The monoisotopic (exact) mass is 369 g/mol. The Labute approximate surface area is 156 Å². The summed E-state index contributed by atoms with van der Waals surface area (Å²) >= 11 is 0. The van der Waals surface area contributed by atoms with Gasteiger partial charge >= 0.3 is 0 Å². The molecular formula is C20H20FN3O3. The number of anilines is 1. The number of rotatable bonds is 7. The van der Waals surface area contributed by atoms with E-state index in [-0.39, 0.29) is 23.5 Å². The van der Waals surface area contributed by atoms with Crippen LogP contribution in [0.5, 0.6) is 0 Å². The molecule has 0 fully saturated rings. The van der Waals surface area contributed by atoms with Crippen LogP contribution in [-0.2, 0) is 9.59 Å². The largest absolute Gasteiger partial charge is 0.355 e. The summed E-state index contributed by atoms with van der Waals surface area (Å²) in [5.74, 6) is -1.10. The fraction of sp³-hybridized carbons (Fsp3) is 0.150. The lowest BCUT2D eigenvalue weighted by Gasteiger charge is -2.07. The molecular weight excluding hydrogens is 349 g/mol. The first-order chi connectivity index (χ1) is 12.9. The van der Waals surface area contributed by atoms with Gasteiger partial charge in [-0.2, -0.15) is 0 Å². The van der Waals surface area contributed by atoms with E-state index in [1.165, 1.54) is 25.1 Å². The second kappa shape index (κ2) is 9.86. The number of hydrogen-bond donors (Lipinski definition) is 3. The zero-order valence-corrected chi connectivity index (χ0v) is 14.8. The maximum absolute atomic E-state index is 12.8. The van der Waals surface area contributed by atoms with E-state index in [1.807, 2.05) is 0 Å². The maximum Gasteiger partial charge on any atom is 0.251 e. The van der Waals surface area contributed by atoms with Gasteiger partial charge in [-0.15, -0.1) is 0 Å². The molecule has 0 aliphatic rings. The zero-order valence-electron chi connectivity index (χ0n) is 14.8. The molecule has 140 valence electrons. The average Bonchev–Trinajstić information content (AvgIpc) is 2.65. The third-order valence-electron chi connectivity index (χ3n) is 3.50. The van der Waals surface area contributed by atoms with Gasteiger partial charge in [0, 0.05) is 37.3 Å². The fourth-order valence-corrected chi connectivity index (χ4v) is 2.15. The van der Waals surface area contributed by atoms with Crippen LogP contribution in [-0.4, -0.2) is 30.8 Å². The highest BCUT2D eigenvalue weighted by Gasteiger charge is 2.05. The van der Waals surface area contributed by atoms with Crippen LogP contribution >= 0.6 is 0 Å². The van der Waals surface area contributed by atoms with Crippen LogP contribution in [0.1, 0.15) is 22.8 Å². The average molecular weight is 369 g/mol. The maximum atomic E-state index is 12.8. The summed E-state index contributed by atoms with van der Waals surface area (Å²) in [5.41, 5.74) is 1.69. The molecule has 0 atom stereocenters. The molecule has 6 nitrogen and oxygen atoms in total. The van der Waals surface area contributed by atoms with Gasteiger partial charge < -0.3 is 16.0 Å². The minimum Gasteiger partial charge on any atom is -0.355 e. The smallest absolute Gasteiger partial charge is 0.251 e. The Morgan fingerprint density at radius 3 is 2.19 bits per heavy atom. The first-order valence-corrected chi connectivity index (χ1v) is 8.31. The normalized spacial score (nSPS) is 10.4. The lowest BCUT2D eigenvalue weighted by molar-refractivity contribution is -0.119. The number of hydrogen-bond acceptors (Lipinski definition) is 3. The van der Waals surface area contributed by atoms with Gasteiger partial charge in [0.25, 0.3) is 5.91 Å². The summed E-state index contributed by atoms with van der Waals surface area (Å²) in [6, 6.07) is 12.2. The van der Waals surface area contributed by atoms with Gasteiger partial charge in [0.1, 0.15) is 5.82 Å². The molecule has 0 aromatic heterocycles. The van der Waals surface area contributed by atoms with Crippen molar-refractivity contribution in [2.75, 3.05) is 18.4 Å². The van der Waals surface area contributed by atoms with Gasteiger partial charge in [-0.1, -0.05) is 12.1 Å². The lowest BCUT2D eigenvalue weighted by atomic mass is 10.2. The van der Waals surface area contributed by atoms with Crippen molar-refractivity contribution in [2.45, 2.75) is 6.92 Å². The molecule has 2 aromatic rings. The van der Waals surface area contributed by atoms with E-state index in [4.69, 9.17) is 0 Å². The molecule has 0 saturated carbocycles. The molecule has 7 heteroatoms. The number of benzene rings is 2. The van der Waals surface area contributed by atoms with Gasteiger partial charge in [-0.3, -0.25) is 14.4 Å². The molecule has 3 amide bonds. The Morgan fingerprint density at radius 1 is 0.926 bits per heavy atom. The molecule has 3 N–H and O–H groups in total. The molecule has 2 rings (SSSR count). The third-order valence-corrected chi connectivity index (χ3v) is 3.50. The Balaban J connectivity index is 1.83. The summed E-state index contributed by atoms with van der Waals surface area (Å²) in [5, 5.41) is 7.94. The Bertz CT molecular complexity index is 831. The van der Waals surface area contributed by atoms with Crippen molar-refractivity contribution in [1.82, 2.24) is 10.6 Å². The highest BCUT2D eigenvalue weighted by molar-refractivity contribution is 6.02. The molecule has 27 heavy (non-hydrogen) atoms. The van der Waals surface area contributed by atoms with E-state index in [9.17, 15) is 18.8 Å². The predicted molar refractivity (Wildman–Crippen MR) is 102 cm³/mol. The number of carbonyl (C=O) groups excluding carboxylic acids is 3. The second-order valence-corrected chi connectivity index (χ2v) is 5.69. The predicted octanol–water partition coefficient (Wildman–Crippen LogP) is 2.34. The van der Waals surface area contributed by atoms with Crippen LogP contribution in [0.2, 0.25) is 0 Å². The van der Waals surface area contributed by atoms with Gasteiger partial charge in [-0.25, -0.2) is 4.39 Å². The van der Waals surface area contributed by atoms with Gasteiger partial charge in [-0.05, 0) is 48.0 Å². The highest BCUT2D eigenvalue weighted by Crippen LogP contribution is 2.10. The fourth-order valence-electron chi connectivity index (χ4n) is 2.15. The summed E-state index contributed by atoms with van der Waals surface area (Å²) in [6.07, 6.45) is 2.92. The molecule has 0 bridgehead atoms. The van der Waals surface area contributed by atoms with E-state index in [0.29, 0.717) is 29.9 Å². The number of halogens is 1. The van der Waals surface area contributed by atoms with E-state index >= 15 is 0 Å². The standard InChI is InChI=1S/C20H20FN3O3/c1-14(25)22-12-13-23-20(27)16-5-9-18(10-6-16)24-19(26)11-4-15-2-7-17(21)8-3-15/h2-11H,12-13H2,1H3,(H,22,25)(H,23,27)(H,24,26)/b11-4+. The zero-order chi connectivity index (χ0) is 19.6. The third kappa shape index (κ3) is 7.11. The van der Waals surface area contributed by atoms with Crippen LogP contribution in [0.4, 0.5) is 10.1 Å². The molecule has 0 spiro atoms. The minimum absolute atomic E-state index is 0.155. The van der Waals surface area contributed by atoms with Crippen LogP contribution in [0.15, 0.2) is 54.6 Å². The molecule has 0 aliphatic heterocycles. The Hall–Kier alpha value is -3.48. The van der Waals surface area contributed by atoms with E-state index in [0.717, 1.165) is 0 Å². The first kappa shape index (κ1) is 19.8. The Kier molecular flexibility index (Phi) is 7.25. The minimum atomic E-state index is -0.341. The number of carbonyl (C=O) groups is 3. The van der Waals surface area contributed by atoms with Crippen molar-refractivity contribution in [3.63, 3.8) is 0 Å². The molecule has 0 aliphatic carbocycles. The number of amides is 3. The van der Waals surface area contributed by atoms with Crippen LogP contribution in [0.3, 0.4) is 0 Å². The second-order valence-electron chi connectivity index (χ2n) is 5.69. The van der Waals surface area contributed by atoms with Crippen molar-refractivity contribution in [3.8, 4) is 0 Å². The first-order valence-electron chi connectivity index (χ1n) is 8.31. The summed E-state index contributed by atoms with van der Waals surface area (Å²) < 4.78 is 12.8. The summed E-state index contributed by atoms with van der Waals surface area (Å²) in [4.78, 5) is 34.6. The van der Waals surface area contributed by atoms with Gasteiger partial charge in [0.15, 0.2) is 0 Å². The van der Waals surface area contributed by atoms with Crippen molar-refractivity contribution >= 4 is 29.5 Å². The van der Waals surface area contributed by atoms with Gasteiger partial charge in [0.05, 0.1) is 0 Å². The molecule has 0 unspecified atom stereocenters. The lowest BCUT2D eigenvalue weighted by Crippen LogP contribution is -2.33. The highest BCUT2D eigenvalue weighted by atomic mass is 19.1. The van der Waals surface area contributed by atoms with Crippen LogP contribution < -0.4 is 16.0 Å². The van der Waals surface area contributed by atoms with Crippen molar-refractivity contribution < 1.29 is 18.8 Å². The van der Waals surface area contributed by atoms with Crippen molar-refractivity contribution in [3.05, 3.63) is 71.6 Å². The van der Waals surface area contributed by atoms with E-state index in [1.54, 1.807) is 42.5 Å². The quantitative estimate of drug-likeness (QED) is 0.517. The SMILES string of the molecule is CC(=O)NCCNC(=O)c1ccc(NC(=O)/C=C/c2ccc(F)cc2)cc1. The van der Waals surface area contributed by atoms with Crippen LogP contribution in [0, 0.1) is 5.82 Å². The molecule has 0 saturated heterocycles. The summed E-state index contributed by atoms with van der Waals surface area (Å²) in [7, 11) is 0. The van der Waals surface area contributed by atoms with Crippen LogP contribution in [0.25, 0.3) is 6.08 Å². The van der Waals surface area contributed by atoms with E-state index < -0.39 is 0 Å². The number of nitrogens with one attached hydrogen (secondary N) is 3.